The Labute approximate surface area is 281 Å². The number of thiocarbonyl (C=S) groups is 1. The molecule has 0 unspecified atom stereocenters. The van der Waals surface area contributed by atoms with Crippen LogP contribution in [0.4, 0.5) is 5.69 Å². The maximum atomic E-state index is 14.0. The van der Waals surface area contributed by atoms with Crippen LogP contribution in [0.5, 0.6) is 5.75 Å². The number of thioether (sulfide) groups is 1. The maximum absolute atomic E-state index is 14.0. The summed E-state index contributed by atoms with van der Waals surface area (Å²) in [5.74, 6) is 0.385. The number of amides is 1. The van der Waals surface area contributed by atoms with Crippen LogP contribution in [-0.2, 0) is 18.4 Å². The zero-order valence-corrected chi connectivity index (χ0v) is 27.2. The van der Waals surface area contributed by atoms with Crippen LogP contribution in [0.25, 0.3) is 28.7 Å². The van der Waals surface area contributed by atoms with Crippen molar-refractivity contribution in [2.45, 2.75) is 13.5 Å². The fourth-order valence-corrected chi connectivity index (χ4v) is 6.76. The Morgan fingerprint density at radius 3 is 2.11 bits per heavy atom. The molecule has 0 bridgehead atoms. The van der Waals surface area contributed by atoms with E-state index in [0.717, 1.165) is 28.1 Å². The Kier molecular flexibility index (Phi) is 8.19. The molecule has 3 heterocycles. The van der Waals surface area contributed by atoms with E-state index in [4.69, 9.17) is 22.1 Å². The molecule has 1 amide bonds. The number of hydrogen-bond donors (Lipinski definition) is 0. The van der Waals surface area contributed by atoms with Gasteiger partial charge in [-0.1, -0.05) is 90.7 Å². The lowest BCUT2D eigenvalue weighted by molar-refractivity contribution is -0.113. The third-order valence-corrected chi connectivity index (χ3v) is 9.27. The molecule has 1 aliphatic heterocycles. The van der Waals surface area contributed by atoms with Gasteiger partial charge in [-0.05, 0) is 67.1 Å². The van der Waals surface area contributed by atoms with Crippen molar-refractivity contribution in [3.63, 3.8) is 0 Å². The lowest BCUT2D eigenvalue weighted by atomic mass is 10.1. The van der Waals surface area contributed by atoms with Gasteiger partial charge in [-0.2, -0.15) is 5.10 Å². The van der Waals surface area contributed by atoms with Crippen LogP contribution in [0, 0.1) is 6.92 Å². The first-order chi connectivity index (χ1) is 22.9. The molecular formula is C37H29N5O3S2. The molecule has 0 N–H and O–H groups in total. The smallest absolute Gasteiger partial charge is 0.296 e. The van der Waals surface area contributed by atoms with E-state index in [9.17, 15) is 9.59 Å². The molecule has 8 nitrogen and oxygen atoms in total. The third kappa shape index (κ3) is 5.84. The van der Waals surface area contributed by atoms with E-state index in [2.05, 4.69) is 0 Å². The minimum Gasteiger partial charge on any atom is -0.489 e. The predicted molar refractivity (Wildman–Crippen MR) is 191 cm³/mol. The van der Waals surface area contributed by atoms with Crippen molar-refractivity contribution in [2.24, 2.45) is 7.05 Å². The molecule has 4 aromatic carbocycles. The fourth-order valence-electron chi connectivity index (χ4n) is 5.49. The van der Waals surface area contributed by atoms with Crippen LogP contribution >= 0.6 is 24.0 Å². The minimum atomic E-state index is -0.353. The first-order valence-corrected chi connectivity index (χ1v) is 16.2. The predicted octanol–water partition coefficient (Wildman–Crippen LogP) is 7.32. The van der Waals surface area contributed by atoms with Gasteiger partial charge in [0, 0.05) is 24.4 Å². The van der Waals surface area contributed by atoms with Crippen molar-refractivity contribution in [1.82, 2.24) is 19.1 Å². The number of para-hydroxylation sites is 2. The van der Waals surface area contributed by atoms with Crippen molar-refractivity contribution < 1.29 is 9.53 Å². The Morgan fingerprint density at radius 2 is 1.45 bits per heavy atom. The summed E-state index contributed by atoms with van der Waals surface area (Å²) >= 11 is 6.87. The number of nitrogens with zero attached hydrogens (tertiary/aromatic N) is 5. The van der Waals surface area contributed by atoms with Gasteiger partial charge in [0.05, 0.1) is 27.7 Å². The quantitative estimate of drug-likeness (QED) is 0.126. The Morgan fingerprint density at radius 1 is 0.830 bits per heavy atom. The number of carbonyl (C=O) groups excluding carboxylic acids is 1. The highest BCUT2D eigenvalue weighted by Crippen LogP contribution is 2.38. The molecule has 0 saturated carbocycles. The summed E-state index contributed by atoms with van der Waals surface area (Å²) in [7, 11) is 1.79. The molecule has 7 rings (SSSR count). The first-order valence-electron chi connectivity index (χ1n) is 14.9. The zero-order valence-electron chi connectivity index (χ0n) is 25.6. The van der Waals surface area contributed by atoms with Crippen molar-refractivity contribution in [3.8, 4) is 28.4 Å². The summed E-state index contributed by atoms with van der Waals surface area (Å²) in [5.41, 5.74) is 5.50. The summed E-state index contributed by atoms with van der Waals surface area (Å²) in [6, 6.07) is 36.9. The Balaban J connectivity index is 1.23. The number of aromatic nitrogens is 4. The Bertz CT molecular complexity index is 2190. The van der Waals surface area contributed by atoms with Crippen molar-refractivity contribution in [2.75, 3.05) is 4.90 Å². The monoisotopic (exact) mass is 655 g/mol. The van der Waals surface area contributed by atoms with Gasteiger partial charge >= 0.3 is 0 Å². The standard InChI is InChI=1S/C37H29N5O3S2/c1-25-34(36(44)42(39(25)2)30-16-10-5-11-17-30)41-35(43)32(47-37(41)46)22-28-23-40(29-14-8-4-9-15-29)38-33(28)27-18-20-31(21-19-27)45-24-26-12-6-3-7-13-26/h3-23H,24H2,1-2H3/b32-22-. The maximum Gasteiger partial charge on any atom is 0.296 e. The second-order valence-electron chi connectivity index (χ2n) is 10.9. The molecule has 1 saturated heterocycles. The van der Waals surface area contributed by atoms with E-state index in [1.54, 1.807) is 27.2 Å². The summed E-state index contributed by atoms with van der Waals surface area (Å²) < 4.78 is 11.4. The normalized spacial score (nSPS) is 13.9. The summed E-state index contributed by atoms with van der Waals surface area (Å²) in [6.45, 7) is 2.28. The largest absolute Gasteiger partial charge is 0.489 e. The zero-order chi connectivity index (χ0) is 32.5. The molecule has 232 valence electrons. The van der Waals surface area contributed by atoms with Crippen LogP contribution in [0.2, 0.25) is 0 Å². The number of benzene rings is 4. The number of rotatable bonds is 8. The van der Waals surface area contributed by atoms with E-state index in [1.807, 2.05) is 128 Å². The number of carbonyl (C=O) groups is 1. The van der Waals surface area contributed by atoms with Gasteiger partial charge in [0.15, 0.2) is 4.32 Å². The fraction of sp³-hybridized carbons (Fsp3) is 0.0811. The molecule has 0 aliphatic carbocycles. The molecule has 6 aromatic rings. The molecule has 0 radical (unpaired) electrons. The molecule has 1 fully saturated rings. The van der Waals surface area contributed by atoms with Crippen molar-refractivity contribution >= 4 is 46.0 Å². The van der Waals surface area contributed by atoms with Crippen LogP contribution in [-0.4, -0.2) is 29.4 Å². The van der Waals surface area contributed by atoms with Crippen LogP contribution in [0.3, 0.4) is 0 Å². The highest BCUT2D eigenvalue weighted by molar-refractivity contribution is 8.27. The second kappa shape index (κ2) is 12.7. The van der Waals surface area contributed by atoms with Gasteiger partial charge < -0.3 is 4.74 Å². The highest BCUT2D eigenvalue weighted by Gasteiger charge is 2.38. The van der Waals surface area contributed by atoms with Gasteiger partial charge in [0.2, 0.25) is 0 Å². The average Bonchev–Trinajstić information content (AvgIpc) is 3.72. The van der Waals surface area contributed by atoms with E-state index in [0.29, 0.717) is 32.9 Å². The molecule has 2 aromatic heterocycles. The van der Waals surface area contributed by atoms with E-state index >= 15 is 0 Å². The lowest BCUT2D eigenvalue weighted by Gasteiger charge is -2.12. The topological polar surface area (TPSA) is 74.3 Å². The highest BCUT2D eigenvalue weighted by atomic mass is 32.2. The van der Waals surface area contributed by atoms with Crippen LogP contribution < -0.4 is 15.2 Å². The molecule has 0 atom stereocenters. The van der Waals surface area contributed by atoms with E-state index in [-0.39, 0.29) is 17.2 Å². The number of anilines is 1. The van der Waals surface area contributed by atoms with Gasteiger partial charge in [0.1, 0.15) is 18.0 Å². The lowest BCUT2D eigenvalue weighted by Crippen LogP contribution is -2.33. The van der Waals surface area contributed by atoms with Crippen LogP contribution in [0.15, 0.2) is 131 Å². The van der Waals surface area contributed by atoms with Crippen molar-refractivity contribution in [3.05, 3.63) is 154 Å². The number of ether oxygens (including phenoxy) is 1. The van der Waals surface area contributed by atoms with Gasteiger partial charge in [-0.15, -0.1) is 0 Å². The molecule has 47 heavy (non-hydrogen) atoms. The Hall–Kier alpha value is -5.45. The summed E-state index contributed by atoms with van der Waals surface area (Å²) in [4.78, 5) is 29.5. The first kappa shape index (κ1) is 30.2. The SMILES string of the molecule is Cc1c(N2C(=O)/C(=C/c3cn(-c4ccccc4)nc3-c3ccc(OCc4ccccc4)cc3)SC2=S)c(=O)n(-c2ccccc2)n1C. The molecule has 10 heteroatoms. The summed E-state index contributed by atoms with van der Waals surface area (Å²) in [6.07, 6.45) is 3.70. The van der Waals surface area contributed by atoms with E-state index < -0.39 is 0 Å². The van der Waals surface area contributed by atoms with Crippen molar-refractivity contribution in [1.29, 1.82) is 0 Å². The summed E-state index contributed by atoms with van der Waals surface area (Å²) in [5, 5.41) is 4.92. The minimum absolute atomic E-state index is 0.244. The van der Waals surface area contributed by atoms with Crippen LogP contribution in [0.1, 0.15) is 16.8 Å². The molecular weight excluding hydrogens is 627 g/mol. The third-order valence-electron chi connectivity index (χ3n) is 7.97. The second-order valence-corrected chi connectivity index (χ2v) is 12.6. The molecule has 0 spiro atoms. The van der Waals surface area contributed by atoms with Gasteiger partial charge in [-0.3, -0.25) is 19.2 Å². The number of hydrogen-bond acceptors (Lipinski definition) is 6. The molecule has 1 aliphatic rings. The van der Waals surface area contributed by atoms with Gasteiger partial charge in [-0.25, -0.2) is 9.36 Å². The van der Waals surface area contributed by atoms with Gasteiger partial charge in [0.25, 0.3) is 11.5 Å². The van der Waals surface area contributed by atoms with E-state index in [1.165, 1.54) is 16.7 Å². The average molecular weight is 656 g/mol.